The number of rotatable bonds is 7. The zero-order chi connectivity index (χ0) is 12.4. The predicted octanol–water partition coefficient (Wildman–Crippen LogP) is 2.57. The van der Waals surface area contributed by atoms with E-state index >= 15 is 0 Å². The summed E-state index contributed by atoms with van der Waals surface area (Å²) in [7, 11) is 0. The monoisotopic (exact) mass is 228 g/mol. The predicted molar refractivity (Wildman–Crippen MR) is 63.0 cm³/mol. The van der Waals surface area contributed by atoms with Crippen molar-refractivity contribution in [1.29, 1.82) is 0 Å². The van der Waals surface area contributed by atoms with E-state index in [1.165, 1.54) is 0 Å². The lowest BCUT2D eigenvalue weighted by molar-refractivity contribution is 0.0527. The smallest absolute Gasteiger partial charge is 0.407 e. The molecule has 4 heteroatoms. The first-order valence-corrected chi connectivity index (χ1v) is 5.77. The first kappa shape index (κ1) is 14.9. The second-order valence-electron chi connectivity index (χ2n) is 4.74. The van der Waals surface area contributed by atoms with Crippen LogP contribution in [-0.2, 0) is 9.53 Å². The highest BCUT2D eigenvalue weighted by molar-refractivity contribution is 5.67. The van der Waals surface area contributed by atoms with E-state index in [1.54, 1.807) is 0 Å². The number of carbonyl (C=O) groups excluding carboxylic acids is 2. The Bertz CT molecular complexity index is 209. The number of hydrogen-bond donors (Lipinski definition) is 1. The summed E-state index contributed by atoms with van der Waals surface area (Å²) in [6.45, 7) is 6.13. The molecule has 1 amide bonds. The summed E-state index contributed by atoms with van der Waals surface area (Å²) in [5.74, 6) is 0. The van der Waals surface area contributed by atoms with Crippen molar-refractivity contribution in [3.63, 3.8) is 0 Å². The van der Waals surface area contributed by atoms with Crippen LogP contribution in [0.4, 0.5) is 4.79 Å². The summed E-state index contributed by atoms with van der Waals surface area (Å²) < 4.78 is 5.08. The maximum absolute atomic E-state index is 11.2. The number of ether oxygens (including phenoxy) is 1. The second-order valence-corrected chi connectivity index (χ2v) is 4.74. The molecule has 0 fully saturated rings. The Kier molecular flexibility index (Phi) is 7.60. The third kappa shape index (κ3) is 11.0. The molecule has 1 radical (unpaired) electrons. The van der Waals surface area contributed by atoms with Crippen LogP contribution in [0.3, 0.4) is 0 Å². The Balaban J connectivity index is 3.31. The lowest BCUT2D eigenvalue weighted by Gasteiger charge is -2.19. The van der Waals surface area contributed by atoms with Crippen molar-refractivity contribution in [3.05, 3.63) is 0 Å². The van der Waals surface area contributed by atoms with Crippen molar-refractivity contribution in [1.82, 2.24) is 5.32 Å². The van der Waals surface area contributed by atoms with Gasteiger partial charge in [-0.15, -0.1) is 0 Å². The molecule has 0 aromatic rings. The molecular formula is C12H22NO3. The standard InChI is InChI=1S/C12H22NO3/c1-12(2,3)16-11(15)13-9-7-5-4-6-8-10-14/h4-9H2,1-3H3,(H,13,15). The van der Waals surface area contributed by atoms with Crippen molar-refractivity contribution >= 4 is 12.4 Å². The van der Waals surface area contributed by atoms with Gasteiger partial charge in [-0.1, -0.05) is 12.8 Å². The number of nitrogens with one attached hydrogen (secondary N) is 1. The van der Waals surface area contributed by atoms with Crippen LogP contribution in [0.25, 0.3) is 0 Å². The van der Waals surface area contributed by atoms with Crippen LogP contribution < -0.4 is 5.32 Å². The highest BCUT2D eigenvalue weighted by atomic mass is 16.6. The van der Waals surface area contributed by atoms with Gasteiger partial charge in [-0.25, -0.2) is 4.79 Å². The first-order chi connectivity index (χ1) is 7.45. The lowest BCUT2D eigenvalue weighted by atomic mass is 10.1. The molecule has 0 aliphatic heterocycles. The topological polar surface area (TPSA) is 55.4 Å². The molecule has 0 aromatic heterocycles. The third-order valence-electron chi connectivity index (χ3n) is 1.87. The Morgan fingerprint density at radius 2 is 1.81 bits per heavy atom. The van der Waals surface area contributed by atoms with E-state index < -0.39 is 5.60 Å². The molecule has 0 heterocycles. The summed E-state index contributed by atoms with van der Waals surface area (Å²) in [4.78, 5) is 21.1. The largest absolute Gasteiger partial charge is 0.444 e. The van der Waals surface area contributed by atoms with Crippen molar-refractivity contribution in [2.75, 3.05) is 6.54 Å². The van der Waals surface area contributed by atoms with Gasteiger partial charge in [0.1, 0.15) is 5.60 Å². The van der Waals surface area contributed by atoms with E-state index in [2.05, 4.69) is 5.32 Å². The molecule has 0 aromatic carbocycles. The van der Waals surface area contributed by atoms with E-state index in [4.69, 9.17) is 4.74 Å². The molecule has 0 saturated carbocycles. The van der Waals surface area contributed by atoms with Gasteiger partial charge in [-0.3, -0.25) is 4.79 Å². The van der Waals surface area contributed by atoms with Gasteiger partial charge in [0, 0.05) is 13.0 Å². The lowest BCUT2D eigenvalue weighted by Crippen LogP contribution is -2.32. The second kappa shape index (κ2) is 8.13. The Morgan fingerprint density at radius 1 is 1.19 bits per heavy atom. The Labute approximate surface area is 97.7 Å². The molecule has 0 aliphatic carbocycles. The van der Waals surface area contributed by atoms with E-state index in [0.717, 1.165) is 25.7 Å². The van der Waals surface area contributed by atoms with Gasteiger partial charge >= 0.3 is 6.09 Å². The van der Waals surface area contributed by atoms with E-state index in [-0.39, 0.29) is 6.09 Å². The maximum atomic E-state index is 11.2. The minimum absolute atomic E-state index is 0.367. The quantitative estimate of drug-likeness (QED) is 0.681. The average molecular weight is 228 g/mol. The molecule has 0 aliphatic rings. The van der Waals surface area contributed by atoms with Crippen LogP contribution in [0.15, 0.2) is 0 Å². The molecule has 0 spiro atoms. The molecule has 0 atom stereocenters. The summed E-state index contributed by atoms with van der Waals surface area (Å²) in [5, 5.41) is 2.69. The summed E-state index contributed by atoms with van der Waals surface area (Å²) in [6.07, 6.45) is 5.83. The summed E-state index contributed by atoms with van der Waals surface area (Å²) >= 11 is 0. The number of amides is 1. The van der Waals surface area contributed by atoms with Crippen molar-refractivity contribution in [2.45, 2.75) is 58.5 Å². The van der Waals surface area contributed by atoms with Gasteiger partial charge in [0.2, 0.25) is 0 Å². The number of carbonyl (C=O) groups is 1. The molecule has 93 valence electrons. The molecule has 0 bridgehead atoms. The maximum Gasteiger partial charge on any atom is 0.407 e. The Morgan fingerprint density at radius 3 is 2.38 bits per heavy atom. The van der Waals surface area contributed by atoms with E-state index in [1.807, 2.05) is 27.1 Å². The van der Waals surface area contributed by atoms with Gasteiger partial charge in [0.25, 0.3) is 0 Å². The van der Waals surface area contributed by atoms with Crippen LogP contribution >= 0.6 is 0 Å². The Hall–Kier alpha value is -1.06. The normalized spacial score (nSPS) is 10.9. The van der Waals surface area contributed by atoms with Gasteiger partial charge in [-0.05, 0) is 33.6 Å². The number of unbranched alkanes of at least 4 members (excludes halogenated alkanes) is 4. The van der Waals surface area contributed by atoms with Gasteiger partial charge in [0.15, 0.2) is 6.29 Å². The van der Waals surface area contributed by atoms with Crippen LogP contribution in [0, 0.1) is 0 Å². The molecule has 0 saturated heterocycles. The fourth-order valence-corrected chi connectivity index (χ4v) is 1.18. The summed E-state index contributed by atoms with van der Waals surface area (Å²) in [5.41, 5.74) is -0.441. The number of hydrogen-bond acceptors (Lipinski definition) is 3. The SMILES string of the molecule is CC(C)(C)OC(=O)NCCCCCC[C]=O. The zero-order valence-electron chi connectivity index (χ0n) is 10.5. The molecular weight excluding hydrogens is 206 g/mol. The molecule has 0 rings (SSSR count). The average Bonchev–Trinajstić information content (AvgIpc) is 2.13. The minimum Gasteiger partial charge on any atom is -0.444 e. The highest BCUT2D eigenvalue weighted by Crippen LogP contribution is 2.06. The van der Waals surface area contributed by atoms with E-state index in [9.17, 15) is 9.59 Å². The minimum atomic E-state index is -0.441. The van der Waals surface area contributed by atoms with Crippen LogP contribution in [0.2, 0.25) is 0 Å². The van der Waals surface area contributed by atoms with Gasteiger partial charge < -0.3 is 10.1 Å². The molecule has 4 nitrogen and oxygen atoms in total. The van der Waals surface area contributed by atoms with Crippen molar-refractivity contribution < 1.29 is 14.3 Å². The highest BCUT2D eigenvalue weighted by Gasteiger charge is 2.15. The fourth-order valence-electron chi connectivity index (χ4n) is 1.18. The molecule has 16 heavy (non-hydrogen) atoms. The van der Waals surface area contributed by atoms with Crippen molar-refractivity contribution in [3.8, 4) is 0 Å². The van der Waals surface area contributed by atoms with Gasteiger partial charge in [-0.2, -0.15) is 0 Å². The number of alkyl carbamates (subject to hydrolysis) is 1. The molecule has 0 unspecified atom stereocenters. The summed E-state index contributed by atoms with van der Waals surface area (Å²) in [6, 6.07) is 0. The van der Waals surface area contributed by atoms with Gasteiger partial charge in [0.05, 0.1) is 0 Å². The fraction of sp³-hybridized carbons (Fsp3) is 0.833. The van der Waals surface area contributed by atoms with Crippen LogP contribution in [0.5, 0.6) is 0 Å². The third-order valence-corrected chi connectivity index (χ3v) is 1.87. The zero-order valence-corrected chi connectivity index (χ0v) is 10.5. The van der Waals surface area contributed by atoms with Crippen LogP contribution in [0.1, 0.15) is 52.9 Å². The van der Waals surface area contributed by atoms with Crippen LogP contribution in [-0.4, -0.2) is 24.5 Å². The first-order valence-electron chi connectivity index (χ1n) is 5.77. The van der Waals surface area contributed by atoms with E-state index in [0.29, 0.717) is 13.0 Å². The van der Waals surface area contributed by atoms with Crippen molar-refractivity contribution in [2.24, 2.45) is 0 Å². The molecule has 1 N–H and O–H groups in total.